The Hall–Kier alpha value is -1.30. The third kappa shape index (κ3) is 4.18. The lowest BCUT2D eigenvalue weighted by Crippen LogP contribution is -2.27. The van der Waals surface area contributed by atoms with E-state index >= 15 is 0 Å². The molecule has 0 saturated heterocycles. The summed E-state index contributed by atoms with van der Waals surface area (Å²) in [6, 6.07) is 2.13. The van der Waals surface area contributed by atoms with Gasteiger partial charge in [0.1, 0.15) is 5.82 Å². The van der Waals surface area contributed by atoms with Gasteiger partial charge in [0.05, 0.1) is 18.2 Å². The first kappa shape index (κ1) is 14.8. The first-order valence-electron chi connectivity index (χ1n) is 5.76. The monoisotopic (exact) mass is 262 g/mol. The van der Waals surface area contributed by atoms with Crippen molar-refractivity contribution in [3.8, 4) is 0 Å². The predicted molar refractivity (Wildman–Crippen MR) is 63.4 cm³/mol. The molecule has 0 bridgehead atoms. The lowest BCUT2D eigenvalue weighted by molar-refractivity contribution is -0.137. The average molecular weight is 262 g/mol. The number of anilines is 1. The van der Waals surface area contributed by atoms with Gasteiger partial charge in [-0.2, -0.15) is 13.2 Å². The zero-order chi connectivity index (χ0) is 13.6. The Kier molecular flexibility index (Phi) is 5.40. The van der Waals surface area contributed by atoms with E-state index in [1.807, 2.05) is 6.92 Å². The maximum absolute atomic E-state index is 12.8. The van der Waals surface area contributed by atoms with Crippen molar-refractivity contribution in [3.63, 3.8) is 0 Å². The molecule has 0 aromatic carbocycles. The number of aromatic nitrogens is 1. The zero-order valence-corrected chi connectivity index (χ0v) is 10.4. The molecule has 1 N–H and O–H groups in total. The molecule has 3 nitrogen and oxygen atoms in total. The molecule has 102 valence electrons. The number of hydrogen-bond donors (Lipinski definition) is 1. The second-order valence-electron chi connectivity index (χ2n) is 3.98. The van der Waals surface area contributed by atoms with Crippen molar-refractivity contribution in [2.75, 3.05) is 19.0 Å². The normalized spacial score (nSPS) is 13.4. The molecule has 1 rings (SSSR count). The number of halogens is 3. The van der Waals surface area contributed by atoms with Crippen molar-refractivity contribution in [2.24, 2.45) is 0 Å². The molecular formula is C12H17F3N2O. The lowest BCUT2D eigenvalue weighted by atomic mass is 10.1. The maximum Gasteiger partial charge on any atom is 0.419 e. The molecule has 1 aromatic rings. The van der Waals surface area contributed by atoms with Crippen LogP contribution in [0.1, 0.15) is 25.3 Å². The molecule has 0 spiro atoms. The fourth-order valence-corrected chi connectivity index (χ4v) is 1.69. The maximum atomic E-state index is 12.8. The Morgan fingerprint density at radius 1 is 1.44 bits per heavy atom. The largest absolute Gasteiger partial charge is 0.419 e. The smallest absolute Gasteiger partial charge is 0.383 e. The Bertz CT molecular complexity index is 363. The minimum atomic E-state index is -4.40. The summed E-state index contributed by atoms with van der Waals surface area (Å²) in [6.45, 7) is 2.31. The fourth-order valence-electron chi connectivity index (χ4n) is 1.69. The molecule has 0 fully saturated rings. The van der Waals surface area contributed by atoms with Crippen molar-refractivity contribution in [2.45, 2.75) is 32.0 Å². The quantitative estimate of drug-likeness (QED) is 0.853. The van der Waals surface area contributed by atoms with Crippen LogP contribution in [0.25, 0.3) is 0 Å². The van der Waals surface area contributed by atoms with Crippen molar-refractivity contribution >= 4 is 5.82 Å². The average Bonchev–Trinajstić information content (AvgIpc) is 2.29. The molecule has 6 heteroatoms. The van der Waals surface area contributed by atoms with E-state index < -0.39 is 11.7 Å². The van der Waals surface area contributed by atoms with E-state index in [-0.39, 0.29) is 11.9 Å². The summed E-state index contributed by atoms with van der Waals surface area (Å²) in [5, 5.41) is 2.80. The van der Waals surface area contributed by atoms with Crippen molar-refractivity contribution < 1.29 is 17.9 Å². The predicted octanol–water partition coefficient (Wildman–Crippen LogP) is 3.33. The Labute approximate surface area is 104 Å². The third-order valence-electron chi connectivity index (χ3n) is 2.46. The second-order valence-corrected chi connectivity index (χ2v) is 3.98. The van der Waals surface area contributed by atoms with E-state index in [1.165, 1.54) is 19.4 Å². The molecule has 0 radical (unpaired) electrons. The number of rotatable bonds is 6. The van der Waals surface area contributed by atoms with Gasteiger partial charge in [-0.3, -0.25) is 0 Å². The van der Waals surface area contributed by atoms with Crippen molar-refractivity contribution in [1.82, 2.24) is 4.98 Å². The molecule has 0 amide bonds. The summed E-state index contributed by atoms with van der Waals surface area (Å²) in [4.78, 5) is 3.76. The van der Waals surface area contributed by atoms with Gasteiger partial charge >= 0.3 is 6.18 Å². The summed E-state index contributed by atoms with van der Waals surface area (Å²) in [5.41, 5.74) is -0.748. The van der Waals surface area contributed by atoms with E-state index in [0.29, 0.717) is 6.61 Å². The SMILES string of the molecule is CCCC(COC)Nc1ncccc1C(F)(F)F. The molecule has 0 saturated carbocycles. The van der Waals surface area contributed by atoms with Gasteiger partial charge in [-0.1, -0.05) is 13.3 Å². The molecule has 0 aliphatic rings. The number of ether oxygens (including phenoxy) is 1. The van der Waals surface area contributed by atoms with Gasteiger partial charge < -0.3 is 10.1 Å². The minimum absolute atomic E-state index is 0.138. The minimum Gasteiger partial charge on any atom is -0.383 e. The van der Waals surface area contributed by atoms with E-state index in [4.69, 9.17) is 4.74 Å². The molecule has 1 aromatic heterocycles. The van der Waals surface area contributed by atoms with Crippen molar-refractivity contribution in [3.05, 3.63) is 23.9 Å². The highest BCUT2D eigenvalue weighted by atomic mass is 19.4. The van der Waals surface area contributed by atoms with Crippen LogP contribution in [0.15, 0.2) is 18.3 Å². The van der Waals surface area contributed by atoms with Crippen LogP contribution in [0.5, 0.6) is 0 Å². The molecule has 0 aliphatic carbocycles. The van der Waals surface area contributed by atoms with Gasteiger partial charge in [-0.25, -0.2) is 4.98 Å². The number of alkyl halides is 3. The molecule has 1 heterocycles. The standard InChI is InChI=1S/C12H17F3N2O/c1-3-5-9(8-18-2)17-11-10(12(13,14)15)6-4-7-16-11/h4,6-7,9H,3,5,8H2,1-2H3,(H,16,17). The highest BCUT2D eigenvalue weighted by molar-refractivity contribution is 5.46. The van der Waals surface area contributed by atoms with Crippen LogP contribution >= 0.6 is 0 Å². The topological polar surface area (TPSA) is 34.1 Å². The summed E-state index contributed by atoms with van der Waals surface area (Å²) >= 11 is 0. The van der Waals surface area contributed by atoms with E-state index in [9.17, 15) is 13.2 Å². The van der Waals surface area contributed by atoms with E-state index in [0.717, 1.165) is 18.9 Å². The number of hydrogen-bond acceptors (Lipinski definition) is 3. The van der Waals surface area contributed by atoms with E-state index in [1.54, 1.807) is 0 Å². The molecule has 1 unspecified atom stereocenters. The summed E-state index contributed by atoms with van der Waals surface area (Å²) in [7, 11) is 1.52. The Morgan fingerprint density at radius 2 is 2.17 bits per heavy atom. The summed E-state index contributed by atoms with van der Waals surface area (Å²) in [5.74, 6) is -0.138. The van der Waals surface area contributed by atoms with Gasteiger partial charge in [-0.05, 0) is 18.6 Å². The summed E-state index contributed by atoms with van der Waals surface area (Å²) in [6.07, 6.45) is -1.48. The lowest BCUT2D eigenvalue weighted by Gasteiger charge is -2.20. The second kappa shape index (κ2) is 6.58. The summed E-state index contributed by atoms with van der Waals surface area (Å²) < 4.78 is 43.3. The van der Waals surface area contributed by atoms with Gasteiger partial charge in [0.2, 0.25) is 0 Å². The van der Waals surface area contributed by atoms with Crippen LogP contribution in [0.4, 0.5) is 19.0 Å². The number of nitrogens with one attached hydrogen (secondary N) is 1. The first-order chi connectivity index (χ1) is 8.49. The van der Waals surface area contributed by atoms with E-state index in [2.05, 4.69) is 10.3 Å². The molecular weight excluding hydrogens is 245 g/mol. The van der Waals surface area contributed by atoms with Crippen LogP contribution in [-0.4, -0.2) is 24.7 Å². The van der Waals surface area contributed by atoms with Gasteiger partial charge in [0.25, 0.3) is 0 Å². The number of nitrogens with zero attached hydrogens (tertiary/aromatic N) is 1. The molecule has 1 atom stereocenters. The Morgan fingerprint density at radius 3 is 2.72 bits per heavy atom. The molecule has 0 aliphatic heterocycles. The van der Waals surface area contributed by atoms with Crippen LogP contribution < -0.4 is 5.32 Å². The highest BCUT2D eigenvalue weighted by Crippen LogP contribution is 2.33. The van der Waals surface area contributed by atoms with Crippen LogP contribution in [0.3, 0.4) is 0 Å². The fraction of sp³-hybridized carbons (Fsp3) is 0.583. The number of methoxy groups -OCH3 is 1. The first-order valence-corrected chi connectivity index (χ1v) is 5.76. The third-order valence-corrected chi connectivity index (χ3v) is 2.46. The highest BCUT2D eigenvalue weighted by Gasteiger charge is 2.34. The van der Waals surface area contributed by atoms with Crippen LogP contribution in [0, 0.1) is 0 Å². The Balaban J connectivity index is 2.88. The number of pyridine rings is 1. The zero-order valence-electron chi connectivity index (χ0n) is 10.4. The van der Waals surface area contributed by atoms with Crippen LogP contribution in [-0.2, 0) is 10.9 Å². The molecule has 18 heavy (non-hydrogen) atoms. The van der Waals surface area contributed by atoms with Gasteiger partial charge in [0.15, 0.2) is 0 Å². The van der Waals surface area contributed by atoms with Gasteiger partial charge in [0, 0.05) is 13.3 Å². The van der Waals surface area contributed by atoms with Gasteiger partial charge in [-0.15, -0.1) is 0 Å². The van der Waals surface area contributed by atoms with Crippen LogP contribution in [0.2, 0.25) is 0 Å². The van der Waals surface area contributed by atoms with Crippen molar-refractivity contribution in [1.29, 1.82) is 0 Å².